The number of ether oxygens (including phenoxy) is 2. The molecule has 1 aromatic heterocycles. The number of carbonyl (C=O) groups excluding carboxylic acids is 2. The van der Waals surface area contributed by atoms with Gasteiger partial charge in [-0.15, -0.1) is 0 Å². The summed E-state index contributed by atoms with van der Waals surface area (Å²) < 4.78 is 10.3. The number of carbonyl (C=O) groups is 2. The van der Waals surface area contributed by atoms with E-state index in [2.05, 4.69) is 4.98 Å². The molecule has 1 aromatic rings. The number of hydrogen-bond acceptors (Lipinski definition) is 5. The lowest BCUT2D eigenvalue weighted by atomic mass is 10.0. The minimum absolute atomic E-state index is 0.180. The van der Waals surface area contributed by atoms with Crippen LogP contribution in [0.15, 0.2) is 24.5 Å². The number of pyridine rings is 1. The van der Waals surface area contributed by atoms with Gasteiger partial charge in [0.05, 0.1) is 19.4 Å². The van der Waals surface area contributed by atoms with Gasteiger partial charge < -0.3 is 14.3 Å². The van der Waals surface area contributed by atoms with Crippen LogP contribution in [0.3, 0.4) is 0 Å². The van der Waals surface area contributed by atoms with Crippen molar-refractivity contribution in [1.29, 1.82) is 0 Å². The maximum absolute atomic E-state index is 11.2. The molecule has 0 spiro atoms. The summed E-state index contributed by atoms with van der Waals surface area (Å²) in [6, 6.07) is 3.59. The summed E-state index contributed by atoms with van der Waals surface area (Å²) in [5.74, 6) is 0.237. The fourth-order valence-corrected chi connectivity index (χ4v) is 1.58. The lowest BCUT2D eigenvalue weighted by Crippen LogP contribution is -2.12. The Labute approximate surface area is 112 Å². The average molecular weight is 265 g/mol. The van der Waals surface area contributed by atoms with Crippen molar-refractivity contribution in [2.75, 3.05) is 13.2 Å². The van der Waals surface area contributed by atoms with E-state index in [-0.39, 0.29) is 18.3 Å². The summed E-state index contributed by atoms with van der Waals surface area (Å²) in [6.07, 6.45) is 5.50. The molecule has 0 N–H and O–H groups in total. The molecule has 19 heavy (non-hydrogen) atoms. The topological polar surface area (TPSA) is 65.5 Å². The van der Waals surface area contributed by atoms with E-state index in [9.17, 15) is 9.59 Å². The summed E-state index contributed by atoms with van der Waals surface area (Å²) >= 11 is 0. The van der Waals surface area contributed by atoms with Gasteiger partial charge in [0.1, 0.15) is 12.0 Å². The van der Waals surface area contributed by atoms with Gasteiger partial charge in [0, 0.05) is 18.5 Å². The SMILES string of the molecule is CCOC(=O)CCC(C=O)CCOc1cccnc1. The van der Waals surface area contributed by atoms with Crippen LogP contribution >= 0.6 is 0 Å². The van der Waals surface area contributed by atoms with Gasteiger partial charge in [-0.2, -0.15) is 0 Å². The lowest BCUT2D eigenvalue weighted by Gasteiger charge is -2.10. The Morgan fingerprint density at radius 1 is 1.47 bits per heavy atom. The highest BCUT2D eigenvalue weighted by molar-refractivity contribution is 5.69. The Hall–Kier alpha value is -1.91. The summed E-state index contributed by atoms with van der Waals surface area (Å²) in [5, 5.41) is 0. The van der Waals surface area contributed by atoms with E-state index in [1.165, 1.54) is 0 Å². The van der Waals surface area contributed by atoms with Gasteiger partial charge in [-0.3, -0.25) is 9.78 Å². The van der Waals surface area contributed by atoms with Crippen LogP contribution in [0, 0.1) is 5.92 Å². The smallest absolute Gasteiger partial charge is 0.305 e. The Bertz CT molecular complexity index is 380. The zero-order valence-corrected chi connectivity index (χ0v) is 11.1. The first-order valence-electron chi connectivity index (χ1n) is 6.40. The molecule has 0 radical (unpaired) electrons. The van der Waals surface area contributed by atoms with Crippen LogP contribution in [0.5, 0.6) is 5.75 Å². The van der Waals surface area contributed by atoms with E-state index in [4.69, 9.17) is 9.47 Å². The highest BCUT2D eigenvalue weighted by atomic mass is 16.5. The van der Waals surface area contributed by atoms with Gasteiger partial charge >= 0.3 is 5.97 Å². The predicted octanol–water partition coefficient (Wildman–Crippen LogP) is 2.01. The fourth-order valence-electron chi connectivity index (χ4n) is 1.58. The Morgan fingerprint density at radius 2 is 2.32 bits per heavy atom. The molecule has 5 nitrogen and oxygen atoms in total. The number of esters is 1. The molecule has 1 unspecified atom stereocenters. The average Bonchev–Trinajstić information content (AvgIpc) is 2.44. The van der Waals surface area contributed by atoms with E-state index in [0.29, 0.717) is 31.8 Å². The predicted molar refractivity (Wildman–Crippen MR) is 69.8 cm³/mol. The molecular weight excluding hydrogens is 246 g/mol. The molecule has 0 saturated heterocycles. The molecule has 0 aliphatic rings. The number of aromatic nitrogens is 1. The maximum atomic E-state index is 11.2. The summed E-state index contributed by atoms with van der Waals surface area (Å²) in [5.41, 5.74) is 0. The summed E-state index contributed by atoms with van der Waals surface area (Å²) in [6.45, 7) is 2.56. The van der Waals surface area contributed by atoms with Crippen LogP contribution in [0.4, 0.5) is 0 Å². The van der Waals surface area contributed by atoms with Gasteiger partial charge in [0.15, 0.2) is 0 Å². The molecule has 0 saturated carbocycles. The number of hydrogen-bond donors (Lipinski definition) is 0. The Morgan fingerprint density at radius 3 is 2.95 bits per heavy atom. The number of rotatable bonds is 9. The largest absolute Gasteiger partial charge is 0.492 e. The van der Waals surface area contributed by atoms with Crippen LogP contribution in [0.2, 0.25) is 0 Å². The van der Waals surface area contributed by atoms with E-state index in [1.807, 2.05) is 6.07 Å². The zero-order chi connectivity index (χ0) is 13.9. The standard InChI is InChI=1S/C14H19NO4/c1-2-18-14(17)6-5-12(11-16)7-9-19-13-4-3-8-15-10-13/h3-4,8,10-12H,2,5-7,9H2,1H3. The fraction of sp³-hybridized carbons (Fsp3) is 0.500. The van der Waals surface area contributed by atoms with E-state index >= 15 is 0 Å². The van der Waals surface area contributed by atoms with Crippen molar-refractivity contribution in [3.05, 3.63) is 24.5 Å². The molecule has 0 aromatic carbocycles. The van der Waals surface area contributed by atoms with Crippen molar-refractivity contribution in [3.63, 3.8) is 0 Å². The van der Waals surface area contributed by atoms with E-state index in [1.54, 1.807) is 25.4 Å². The van der Waals surface area contributed by atoms with E-state index < -0.39 is 0 Å². The van der Waals surface area contributed by atoms with Crippen LogP contribution in [-0.2, 0) is 14.3 Å². The van der Waals surface area contributed by atoms with Gasteiger partial charge in [-0.1, -0.05) is 0 Å². The highest BCUT2D eigenvalue weighted by Gasteiger charge is 2.11. The molecule has 1 heterocycles. The lowest BCUT2D eigenvalue weighted by molar-refractivity contribution is -0.143. The second kappa shape index (κ2) is 9.08. The molecule has 1 atom stereocenters. The first-order valence-corrected chi connectivity index (χ1v) is 6.40. The van der Waals surface area contributed by atoms with Crippen LogP contribution in [0.1, 0.15) is 26.2 Å². The second-order valence-electron chi connectivity index (χ2n) is 4.07. The van der Waals surface area contributed by atoms with Crippen molar-refractivity contribution < 1.29 is 19.1 Å². The molecule has 0 aliphatic heterocycles. The third-order valence-electron chi connectivity index (χ3n) is 2.61. The Kier molecular flexibility index (Phi) is 7.24. The third kappa shape index (κ3) is 6.55. The molecule has 0 amide bonds. The maximum Gasteiger partial charge on any atom is 0.305 e. The monoisotopic (exact) mass is 265 g/mol. The number of nitrogens with zero attached hydrogens (tertiary/aromatic N) is 1. The van der Waals surface area contributed by atoms with Crippen molar-refractivity contribution in [1.82, 2.24) is 4.98 Å². The first kappa shape index (κ1) is 15.1. The quantitative estimate of drug-likeness (QED) is 0.504. The zero-order valence-electron chi connectivity index (χ0n) is 11.1. The van der Waals surface area contributed by atoms with E-state index in [0.717, 1.165) is 6.29 Å². The summed E-state index contributed by atoms with van der Waals surface area (Å²) in [7, 11) is 0. The van der Waals surface area contributed by atoms with Crippen molar-refractivity contribution in [3.8, 4) is 5.75 Å². The third-order valence-corrected chi connectivity index (χ3v) is 2.61. The van der Waals surface area contributed by atoms with Crippen LogP contribution < -0.4 is 4.74 Å². The minimum atomic E-state index is -0.262. The normalized spacial score (nSPS) is 11.6. The van der Waals surface area contributed by atoms with Crippen LogP contribution in [0.25, 0.3) is 0 Å². The molecule has 0 aliphatic carbocycles. The van der Waals surface area contributed by atoms with Crippen molar-refractivity contribution in [2.24, 2.45) is 5.92 Å². The van der Waals surface area contributed by atoms with Crippen LogP contribution in [-0.4, -0.2) is 30.5 Å². The van der Waals surface area contributed by atoms with Gasteiger partial charge in [0.25, 0.3) is 0 Å². The Balaban J connectivity index is 2.21. The van der Waals surface area contributed by atoms with Gasteiger partial charge in [-0.25, -0.2) is 0 Å². The molecule has 0 fully saturated rings. The molecule has 1 rings (SSSR count). The second-order valence-corrected chi connectivity index (χ2v) is 4.07. The molecule has 5 heteroatoms. The number of aldehydes is 1. The molecule has 104 valence electrons. The minimum Gasteiger partial charge on any atom is -0.492 e. The van der Waals surface area contributed by atoms with Crippen molar-refractivity contribution >= 4 is 12.3 Å². The van der Waals surface area contributed by atoms with Crippen molar-refractivity contribution in [2.45, 2.75) is 26.2 Å². The highest BCUT2D eigenvalue weighted by Crippen LogP contribution is 2.12. The summed E-state index contributed by atoms with van der Waals surface area (Å²) in [4.78, 5) is 26.0. The first-order chi connectivity index (χ1) is 9.26. The van der Waals surface area contributed by atoms with Gasteiger partial charge in [-0.05, 0) is 31.9 Å². The molecular formula is C14H19NO4. The van der Waals surface area contributed by atoms with Gasteiger partial charge in [0.2, 0.25) is 0 Å². The molecule has 0 bridgehead atoms.